The first kappa shape index (κ1) is 16.8. The molecule has 0 bridgehead atoms. The van der Waals surface area contributed by atoms with E-state index < -0.39 is 4.92 Å². The monoisotopic (exact) mass is 332 g/mol. The van der Waals surface area contributed by atoms with Crippen molar-refractivity contribution >= 4 is 18.2 Å². The third-order valence-electron chi connectivity index (χ3n) is 3.03. The van der Waals surface area contributed by atoms with Gasteiger partial charge >= 0.3 is 5.95 Å². The molecule has 3 N–H and O–H groups in total. The Morgan fingerprint density at radius 1 is 1.29 bits per heavy atom. The summed E-state index contributed by atoms with van der Waals surface area (Å²) < 4.78 is 13.7. The molecule has 0 fully saturated rings. The number of nitro groups is 1. The highest BCUT2D eigenvalue weighted by atomic mass is 19.1. The lowest BCUT2D eigenvalue weighted by atomic mass is 10.2. The maximum absolute atomic E-state index is 12.6. The van der Waals surface area contributed by atoms with Crippen molar-refractivity contribution in [1.29, 1.82) is 0 Å². The number of nitrogens with zero attached hydrogens (tertiary/aromatic N) is 4. The third kappa shape index (κ3) is 3.80. The number of hydrogen-bond acceptors (Lipinski definition) is 6. The van der Waals surface area contributed by atoms with Gasteiger partial charge in [0.1, 0.15) is 12.0 Å². The number of aldehydes is 1. The van der Waals surface area contributed by atoms with E-state index >= 15 is 0 Å². The largest absolute Gasteiger partial charge is 0.434 e. The van der Waals surface area contributed by atoms with Crippen LogP contribution < -0.4 is 5.73 Å². The molecule has 0 atom stereocenters. The zero-order valence-electron chi connectivity index (χ0n) is 12.5. The molecule has 0 saturated carbocycles. The van der Waals surface area contributed by atoms with Crippen molar-refractivity contribution in [3.63, 3.8) is 0 Å². The van der Waals surface area contributed by atoms with Gasteiger partial charge in [-0.05, 0) is 34.8 Å². The molecule has 9 nitrogen and oxygen atoms in total. The Balaban J connectivity index is 0.000000177. The van der Waals surface area contributed by atoms with E-state index in [0.717, 1.165) is 22.0 Å². The summed E-state index contributed by atoms with van der Waals surface area (Å²) in [5.41, 5.74) is 7.25. The van der Waals surface area contributed by atoms with Crippen molar-refractivity contribution in [2.45, 2.75) is 0 Å². The minimum Gasteiger partial charge on any atom is -0.390 e. The van der Waals surface area contributed by atoms with Gasteiger partial charge in [0.25, 0.3) is 0 Å². The molecule has 0 aliphatic heterocycles. The third-order valence-corrected chi connectivity index (χ3v) is 3.03. The Labute approximate surface area is 135 Å². The van der Waals surface area contributed by atoms with E-state index in [1.807, 2.05) is 0 Å². The van der Waals surface area contributed by atoms with Crippen LogP contribution in [0, 0.1) is 15.9 Å². The Hall–Kier alpha value is -3.56. The summed E-state index contributed by atoms with van der Waals surface area (Å²) >= 11 is 0. The second-order valence-corrected chi connectivity index (χ2v) is 4.61. The summed E-state index contributed by atoms with van der Waals surface area (Å²) in [6.07, 6.45) is 3.29. The van der Waals surface area contributed by atoms with Gasteiger partial charge in [0.2, 0.25) is 0 Å². The van der Waals surface area contributed by atoms with Crippen LogP contribution in [0.4, 0.5) is 16.3 Å². The highest BCUT2D eigenvalue weighted by Crippen LogP contribution is 2.17. The summed E-state index contributed by atoms with van der Waals surface area (Å²) in [5, 5.41) is 10.2. The number of halogens is 1. The Morgan fingerprint density at radius 3 is 2.38 bits per heavy atom. The smallest absolute Gasteiger partial charge is 0.390 e. The molecule has 0 aliphatic rings. The minimum atomic E-state index is -0.646. The molecule has 124 valence electrons. The highest BCUT2D eigenvalue weighted by molar-refractivity contribution is 5.72. The molecule has 24 heavy (non-hydrogen) atoms. The SMILES string of the molecule is Cn1c(C=O)cnc1[N+](=O)[O-].Nc1ncc(-c2ccc(F)cc2)[nH]1. The number of anilines is 1. The molecule has 3 aromatic rings. The van der Waals surface area contributed by atoms with Crippen LogP contribution in [0.5, 0.6) is 0 Å². The molecule has 10 heteroatoms. The van der Waals surface area contributed by atoms with Crippen LogP contribution in [0.2, 0.25) is 0 Å². The number of carbonyl (C=O) groups excluding carboxylic acids is 1. The van der Waals surface area contributed by atoms with Crippen LogP contribution in [0.3, 0.4) is 0 Å². The van der Waals surface area contributed by atoms with Gasteiger partial charge in [0.15, 0.2) is 17.9 Å². The zero-order chi connectivity index (χ0) is 17.7. The van der Waals surface area contributed by atoms with Gasteiger partial charge in [0, 0.05) is 0 Å². The van der Waals surface area contributed by atoms with E-state index in [4.69, 9.17) is 5.73 Å². The number of imidazole rings is 2. The number of nitrogens with two attached hydrogens (primary N) is 1. The van der Waals surface area contributed by atoms with Crippen molar-refractivity contribution in [2.24, 2.45) is 7.05 Å². The van der Waals surface area contributed by atoms with E-state index in [0.29, 0.717) is 12.2 Å². The van der Waals surface area contributed by atoms with E-state index in [1.54, 1.807) is 18.3 Å². The average molecular weight is 332 g/mol. The fourth-order valence-electron chi connectivity index (χ4n) is 1.80. The summed E-state index contributed by atoms with van der Waals surface area (Å²) in [6.45, 7) is 0. The summed E-state index contributed by atoms with van der Waals surface area (Å²) in [4.78, 5) is 29.8. The lowest BCUT2D eigenvalue weighted by molar-refractivity contribution is -0.396. The van der Waals surface area contributed by atoms with Gasteiger partial charge in [-0.3, -0.25) is 4.79 Å². The number of aromatic amines is 1. The number of nitrogen functional groups attached to an aromatic ring is 1. The average Bonchev–Trinajstić information content (AvgIpc) is 3.14. The van der Waals surface area contributed by atoms with Gasteiger partial charge in [-0.2, -0.15) is 0 Å². The molecule has 0 radical (unpaired) electrons. The molecule has 0 aliphatic carbocycles. The van der Waals surface area contributed by atoms with E-state index in [-0.39, 0.29) is 17.5 Å². The number of H-pyrrole nitrogens is 1. The van der Waals surface area contributed by atoms with Crippen molar-refractivity contribution in [3.8, 4) is 11.3 Å². The topological polar surface area (TPSA) is 133 Å². The number of aromatic nitrogens is 4. The van der Waals surface area contributed by atoms with Gasteiger partial charge in [0.05, 0.1) is 18.9 Å². The van der Waals surface area contributed by atoms with Crippen molar-refractivity contribution in [3.05, 3.63) is 58.3 Å². The minimum absolute atomic E-state index is 0.191. The summed E-state index contributed by atoms with van der Waals surface area (Å²) in [7, 11) is 1.41. The molecule has 0 saturated heterocycles. The molecule has 1 aromatic carbocycles. The predicted octanol–water partition coefficient (Wildman–Crippen LogP) is 1.94. The van der Waals surface area contributed by atoms with Gasteiger partial charge in [-0.15, -0.1) is 0 Å². The van der Waals surface area contributed by atoms with Crippen molar-refractivity contribution in [2.75, 3.05) is 5.73 Å². The Bertz CT molecular complexity index is 856. The molecule has 0 amide bonds. The molecule has 2 aromatic heterocycles. The summed E-state index contributed by atoms with van der Waals surface area (Å²) in [6, 6.07) is 6.13. The van der Waals surface area contributed by atoms with Crippen LogP contribution >= 0.6 is 0 Å². The van der Waals surface area contributed by atoms with Gasteiger partial charge in [-0.1, -0.05) is 4.98 Å². The quantitative estimate of drug-likeness (QED) is 0.428. The van der Waals surface area contributed by atoms with Crippen LogP contribution in [0.25, 0.3) is 11.3 Å². The first-order chi connectivity index (χ1) is 11.4. The maximum atomic E-state index is 12.6. The van der Waals surface area contributed by atoms with E-state index in [9.17, 15) is 19.3 Å². The van der Waals surface area contributed by atoms with E-state index in [2.05, 4.69) is 15.0 Å². The van der Waals surface area contributed by atoms with Gasteiger partial charge in [-0.25, -0.2) is 13.9 Å². The van der Waals surface area contributed by atoms with Crippen LogP contribution in [-0.2, 0) is 7.05 Å². The number of carbonyl (C=O) groups is 1. The molecule has 3 rings (SSSR count). The lowest BCUT2D eigenvalue weighted by Gasteiger charge is -1.95. The highest BCUT2D eigenvalue weighted by Gasteiger charge is 2.15. The second kappa shape index (κ2) is 7.13. The standard InChI is InChI=1S/C9H8FN3.C5H5N3O3/c10-7-3-1-6(2-4-7)8-5-12-9(11)13-8;1-7-4(3-9)2-6-5(7)8(10)11/h1-5H,(H3,11,12,13);2-3H,1H3. The molecular weight excluding hydrogens is 319 g/mol. The van der Waals surface area contributed by atoms with Gasteiger partial charge < -0.3 is 20.8 Å². The molecular formula is C14H13FN6O3. The van der Waals surface area contributed by atoms with Crippen molar-refractivity contribution < 1.29 is 14.1 Å². The maximum Gasteiger partial charge on any atom is 0.434 e. The Kier molecular flexibility index (Phi) is 5.00. The first-order valence-electron chi connectivity index (χ1n) is 6.60. The number of hydrogen-bond donors (Lipinski definition) is 2. The normalized spacial score (nSPS) is 9.92. The molecule has 0 unspecified atom stereocenters. The van der Waals surface area contributed by atoms with E-state index in [1.165, 1.54) is 19.2 Å². The van der Waals surface area contributed by atoms with Crippen molar-refractivity contribution in [1.82, 2.24) is 19.5 Å². The molecule has 0 spiro atoms. The second-order valence-electron chi connectivity index (χ2n) is 4.61. The fourth-order valence-corrected chi connectivity index (χ4v) is 1.80. The fraction of sp³-hybridized carbons (Fsp3) is 0.0714. The van der Waals surface area contributed by atoms with Crippen LogP contribution in [0.1, 0.15) is 10.5 Å². The summed E-state index contributed by atoms with van der Waals surface area (Å²) in [5.74, 6) is -0.220. The lowest BCUT2D eigenvalue weighted by Crippen LogP contribution is -2.00. The first-order valence-corrected chi connectivity index (χ1v) is 6.60. The number of benzene rings is 1. The number of nitrogens with one attached hydrogen (secondary N) is 1. The molecule has 2 heterocycles. The van der Waals surface area contributed by atoms with Crippen LogP contribution in [0.15, 0.2) is 36.7 Å². The zero-order valence-corrected chi connectivity index (χ0v) is 12.5. The van der Waals surface area contributed by atoms with Crippen LogP contribution in [-0.4, -0.2) is 30.7 Å². The number of rotatable bonds is 3. The Morgan fingerprint density at radius 2 is 1.96 bits per heavy atom. The predicted molar refractivity (Wildman–Crippen MR) is 83.6 cm³/mol.